The third-order valence-corrected chi connectivity index (χ3v) is 4.70. The van der Waals surface area contributed by atoms with Crippen LogP contribution < -0.4 is 5.32 Å². The number of benzene rings is 2. The second-order valence-electron chi connectivity index (χ2n) is 6.89. The van der Waals surface area contributed by atoms with Gasteiger partial charge in [-0.3, -0.25) is 14.9 Å². The summed E-state index contributed by atoms with van der Waals surface area (Å²) in [6.07, 6.45) is 1.76. The minimum absolute atomic E-state index is 0.00194. The molecule has 0 unspecified atom stereocenters. The van der Waals surface area contributed by atoms with Crippen LogP contribution in [0.2, 0.25) is 0 Å². The fourth-order valence-electron chi connectivity index (χ4n) is 3.43. The van der Waals surface area contributed by atoms with Crippen molar-refractivity contribution in [2.45, 2.75) is 32.7 Å². The molecule has 2 aromatic rings. The number of hydrogen-bond acceptors (Lipinski definition) is 4. The molecule has 0 spiro atoms. The molecule has 1 saturated heterocycles. The zero-order chi connectivity index (χ0) is 18.7. The molecule has 0 saturated carbocycles. The first-order chi connectivity index (χ1) is 12.4. The number of hydrogen-bond donors (Lipinski definition) is 1. The van der Waals surface area contributed by atoms with Crippen molar-refractivity contribution in [3.05, 3.63) is 69.3 Å². The molecule has 6 heteroatoms. The van der Waals surface area contributed by atoms with Crippen molar-refractivity contribution >= 4 is 17.3 Å². The monoisotopic (exact) mass is 353 g/mol. The van der Waals surface area contributed by atoms with Crippen LogP contribution in [0.15, 0.2) is 42.5 Å². The van der Waals surface area contributed by atoms with Gasteiger partial charge in [0.2, 0.25) is 0 Å². The Kier molecular flexibility index (Phi) is 5.21. The van der Waals surface area contributed by atoms with E-state index in [4.69, 9.17) is 0 Å². The van der Waals surface area contributed by atoms with Crippen molar-refractivity contribution in [3.63, 3.8) is 0 Å². The molecule has 2 aromatic carbocycles. The molecule has 1 aliphatic rings. The lowest BCUT2D eigenvalue weighted by Crippen LogP contribution is -2.42. The van der Waals surface area contributed by atoms with Crippen molar-refractivity contribution in [3.8, 4) is 0 Å². The van der Waals surface area contributed by atoms with E-state index in [2.05, 4.69) is 37.4 Å². The highest BCUT2D eigenvalue weighted by Gasteiger charge is 2.24. The van der Waals surface area contributed by atoms with E-state index >= 15 is 0 Å². The van der Waals surface area contributed by atoms with Gasteiger partial charge in [-0.15, -0.1) is 0 Å². The highest BCUT2D eigenvalue weighted by molar-refractivity contribution is 5.94. The Balaban J connectivity index is 1.57. The Bertz CT molecular complexity index is 789. The zero-order valence-electron chi connectivity index (χ0n) is 15.1. The lowest BCUT2D eigenvalue weighted by molar-refractivity contribution is -0.384. The van der Waals surface area contributed by atoms with Crippen LogP contribution in [-0.4, -0.2) is 34.9 Å². The molecule has 1 heterocycles. The number of likely N-dealkylation sites (tertiary alicyclic amines) is 1. The summed E-state index contributed by atoms with van der Waals surface area (Å²) in [4.78, 5) is 24.6. The molecule has 0 radical (unpaired) electrons. The Morgan fingerprint density at radius 1 is 1.08 bits per heavy atom. The van der Waals surface area contributed by atoms with Gasteiger partial charge >= 0.3 is 0 Å². The smallest absolute Gasteiger partial charge is 0.269 e. The van der Waals surface area contributed by atoms with Crippen molar-refractivity contribution in [2.75, 3.05) is 18.4 Å². The molecule has 1 amide bonds. The van der Waals surface area contributed by atoms with E-state index in [9.17, 15) is 14.9 Å². The number of aryl methyl sites for hydroxylation is 2. The maximum Gasteiger partial charge on any atom is 0.269 e. The van der Waals surface area contributed by atoms with Gasteiger partial charge in [-0.2, -0.15) is 0 Å². The molecule has 136 valence electrons. The molecule has 0 aliphatic carbocycles. The van der Waals surface area contributed by atoms with E-state index in [1.54, 1.807) is 0 Å². The Hall–Kier alpha value is -2.89. The number of piperidine rings is 1. The molecule has 0 aromatic heterocycles. The molecular formula is C20H23N3O3. The summed E-state index contributed by atoms with van der Waals surface area (Å²) < 4.78 is 0. The minimum atomic E-state index is -0.460. The van der Waals surface area contributed by atoms with E-state index in [1.165, 1.54) is 35.4 Å². The number of rotatable bonds is 4. The van der Waals surface area contributed by atoms with Gasteiger partial charge in [-0.25, -0.2) is 0 Å². The Morgan fingerprint density at radius 3 is 2.19 bits per heavy atom. The summed E-state index contributed by atoms with van der Waals surface area (Å²) in [6, 6.07) is 12.6. The maximum absolute atomic E-state index is 12.6. The average Bonchev–Trinajstić information content (AvgIpc) is 2.61. The first-order valence-corrected chi connectivity index (χ1v) is 8.81. The number of nitro benzene ring substituents is 1. The minimum Gasteiger partial charge on any atom is -0.382 e. The van der Waals surface area contributed by atoms with Gasteiger partial charge in [0, 0.05) is 42.5 Å². The maximum atomic E-state index is 12.6. The first-order valence-electron chi connectivity index (χ1n) is 8.81. The highest BCUT2D eigenvalue weighted by Crippen LogP contribution is 2.21. The predicted molar refractivity (Wildman–Crippen MR) is 102 cm³/mol. The molecule has 1 fully saturated rings. The summed E-state index contributed by atoms with van der Waals surface area (Å²) in [5.74, 6) is -0.0650. The lowest BCUT2D eigenvalue weighted by atomic mass is 10.0. The number of non-ortho nitro benzene ring substituents is 1. The van der Waals surface area contributed by atoms with Gasteiger partial charge in [-0.05, 0) is 62.1 Å². The van der Waals surface area contributed by atoms with Gasteiger partial charge in [0.15, 0.2) is 0 Å². The fourth-order valence-corrected chi connectivity index (χ4v) is 3.43. The predicted octanol–water partition coefficient (Wildman–Crippen LogP) is 3.93. The van der Waals surface area contributed by atoms with E-state index in [-0.39, 0.29) is 11.6 Å². The van der Waals surface area contributed by atoms with Crippen LogP contribution in [0.5, 0.6) is 0 Å². The van der Waals surface area contributed by atoms with Gasteiger partial charge < -0.3 is 10.2 Å². The number of amides is 1. The molecule has 0 atom stereocenters. The number of carbonyl (C=O) groups excluding carboxylic acids is 1. The summed E-state index contributed by atoms with van der Waals surface area (Å²) in [7, 11) is 0. The van der Waals surface area contributed by atoms with Crippen molar-refractivity contribution in [2.24, 2.45) is 0 Å². The summed E-state index contributed by atoms with van der Waals surface area (Å²) >= 11 is 0. The first kappa shape index (κ1) is 17.9. The van der Waals surface area contributed by atoms with Crippen LogP contribution in [0.25, 0.3) is 0 Å². The summed E-state index contributed by atoms with van der Waals surface area (Å²) in [5.41, 5.74) is 4.09. The third-order valence-electron chi connectivity index (χ3n) is 4.70. The number of anilines is 1. The molecule has 1 N–H and O–H groups in total. The molecular weight excluding hydrogens is 330 g/mol. The summed E-state index contributed by atoms with van der Waals surface area (Å²) in [6.45, 7) is 5.53. The Morgan fingerprint density at radius 2 is 1.65 bits per heavy atom. The topological polar surface area (TPSA) is 75.5 Å². The number of nitro groups is 1. The van der Waals surface area contributed by atoms with Crippen molar-refractivity contribution < 1.29 is 9.72 Å². The van der Waals surface area contributed by atoms with Crippen LogP contribution in [0.3, 0.4) is 0 Å². The van der Waals surface area contributed by atoms with Crippen LogP contribution in [-0.2, 0) is 0 Å². The van der Waals surface area contributed by atoms with Gasteiger partial charge in [-0.1, -0.05) is 6.07 Å². The van der Waals surface area contributed by atoms with Gasteiger partial charge in [0.25, 0.3) is 11.6 Å². The number of carbonyl (C=O) groups is 1. The normalized spacial score (nSPS) is 14.9. The molecule has 0 bridgehead atoms. The largest absolute Gasteiger partial charge is 0.382 e. The molecule has 6 nitrogen and oxygen atoms in total. The fraction of sp³-hybridized carbons (Fsp3) is 0.350. The van der Waals surface area contributed by atoms with Crippen LogP contribution in [0.4, 0.5) is 11.4 Å². The van der Waals surface area contributed by atoms with Gasteiger partial charge in [0.1, 0.15) is 0 Å². The van der Waals surface area contributed by atoms with Crippen LogP contribution in [0.1, 0.15) is 34.3 Å². The summed E-state index contributed by atoms with van der Waals surface area (Å²) in [5, 5.41) is 14.3. The Labute approximate surface area is 153 Å². The second kappa shape index (κ2) is 7.56. The van der Waals surface area contributed by atoms with E-state index in [0.29, 0.717) is 24.7 Å². The van der Waals surface area contributed by atoms with Crippen LogP contribution in [0, 0.1) is 24.0 Å². The van der Waals surface area contributed by atoms with E-state index in [1.807, 2.05) is 4.90 Å². The van der Waals surface area contributed by atoms with Crippen molar-refractivity contribution in [1.29, 1.82) is 0 Å². The number of nitrogens with one attached hydrogen (secondary N) is 1. The average molecular weight is 353 g/mol. The molecule has 3 rings (SSSR count). The van der Waals surface area contributed by atoms with E-state index < -0.39 is 4.92 Å². The number of nitrogens with zero attached hydrogens (tertiary/aromatic N) is 2. The highest BCUT2D eigenvalue weighted by atomic mass is 16.6. The molecule has 26 heavy (non-hydrogen) atoms. The van der Waals surface area contributed by atoms with Crippen LogP contribution >= 0.6 is 0 Å². The quantitative estimate of drug-likeness (QED) is 0.667. The standard InChI is InChI=1S/C20H23N3O3/c1-14-11-15(2)13-18(12-14)21-17-7-9-22(10-8-17)20(24)16-3-5-19(6-4-16)23(25)26/h3-6,11-13,17,21H,7-10H2,1-2H3. The third kappa shape index (κ3) is 4.20. The lowest BCUT2D eigenvalue weighted by Gasteiger charge is -2.33. The zero-order valence-corrected chi connectivity index (χ0v) is 15.1. The second-order valence-corrected chi connectivity index (χ2v) is 6.89. The molecule has 1 aliphatic heterocycles. The van der Waals surface area contributed by atoms with Crippen molar-refractivity contribution in [1.82, 2.24) is 4.90 Å². The SMILES string of the molecule is Cc1cc(C)cc(NC2CCN(C(=O)c3ccc([N+](=O)[O-])cc3)CC2)c1. The van der Waals surface area contributed by atoms with Gasteiger partial charge in [0.05, 0.1) is 4.92 Å². The van der Waals surface area contributed by atoms with E-state index in [0.717, 1.165) is 18.5 Å².